The number of nitrogens with one attached hydrogen (secondary N) is 3. The van der Waals surface area contributed by atoms with Crippen LogP contribution in [0.25, 0.3) is 0 Å². The van der Waals surface area contributed by atoms with Crippen LogP contribution in [0.1, 0.15) is 25.7 Å². The largest absolute Gasteiger partial charge is 0.481 e. The van der Waals surface area contributed by atoms with Gasteiger partial charge < -0.3 is 15.7 Å². The molecule has 23 heavy (non-hydrogen) atoms. The van der Waals surface area contributed by atoms with Gasteiger partial charge in [0, 0.05) is 24.7 Å². The van der Waals surface area contributed by atoms with Crippen LogP contribution in [0.3, 0.4) is 0 Å². The van der Waals surface area contributed by atoms with Gasteiger partial charge in [-0.15, -0.1) is 0 Å². The van der Waals surface area contributed by atoms with Gasteiger partial charge in [0.1, 0.15) is 0 Å². The number of benzene rings is 1. The molecule has 0 spiro atoms. The minimum atomic E-state index is -3.50. The summed E-state index contributed by atoms with van der Waals surface area (Å²) in [5, 5.41) is 13.6. The number of amides is 2. The summed E-state index contributed by atoms with van der Waals surface area (Å²) in [5.74, 6) is -0.913. The van der Waals surface area contributed by atoms with Gasteiger partial charge in [0.25, 0.3) is 0 Å². The van der Waals surface area contributed by atoms with E-state index < -0.39 is 22.0 Å². The van der Waals surface area contributed by atoms with Gasteiger partial charge in [-0.25, -0.2) is 17.9 Å². The van der Waals surface area contributed by atoms with Crippen molar-refractivity contribution in [1.29, 1.82) is 0 Å². The zero-order valence-electron chi connectivity index (χ0n) is 12.4. The van der Waals surface area contributed by atoms with Crippen LogP contribution in [0, 0.1) is 0 Å². The Balaban J connectivity index is 1.82. The average Bonchev–Trinajstić information content (AvgIpc) is 3.27. The molecule has 9 heteroatoms. The Morgan fingerprint density at radius 1 is 1.17 bits per heavy atom. The van der Waals surface area contributed by atoms with Gasteiger partial charge in [-0.05, 0) is 43.5 Å². The van der Waals surface area contributed by atoms with Crippen molar-refractivity contribution in [1.82, 2.24) is 10.0 Å². The molecule has 1 aliphatic carbocycles. The van der Waals surface area contributed by atoms with E-state index in [1.807, 2.05) is 0 Å². The fraction of sp³-hybridized carbons (Fsp3) is 0.429. The van der Waals surface area contributed by atoms with Crippen LogP contribution < -0.4 is 15.4 Å². The molecule has 1 saturated carbocycles. The Labute approximate surface area is 134 Å². The predicted octanol–water partition coefficient (Wildman–Crippen LogP) is 1.11. The Hall–Kier alpha value is -2.13. The maximum Gasteiger partial charge on any atom is 0.319 e. The molecule has 2 amide bonds. The van der Waals surface area contributed by atoms with Crippen LogP contribution in [0.2, 0.25) is 0 Å². The van der Waals surface area contributed by atoms with E-state index in [0.717, 1.165) is 12.8 Å². The smallest absolute Gasteiger partial charge is 0.319 e. The van der Waals surface area contributed by atoms with E-state index >= 15 is 0 Å². The van der Waals surface area contributed by atoms with E-state index in [1.54, 1.807) is 0 Å². The van der Waals surface area contributed by atoms with Crippen LogP contribution in [-0.4, -0.2) is 38.1 Å². The predicted molar refractivity (Wildman–Crippen MR) is 83.7 cm³/mol. The summed E-state index contributed by atoms with van der Waals surface area (Å²) in [5.41, 5.74) is 0.450. The van der Waals surface area contributed by atoms with Crippen LogP contribution in [0.5, 0.6) is 0 Å². The van der Waals surface area contributed by atoms with Crippen LogP contribution in [-0.2, 0) is 14.8 Å². The first-order chi connectivity index (χ1) is 10.9. The highest BCUT2D eigenvalue weighted by atomic mass is 32.2. The Morgan fingerprint density at radius 3 is 2.39 bits per heavy atom. The van der Waals surface area contributed by atoms with Crippen LogP contribution in [0.15, 0.2) is 29.2 Å². The number of urea groups is 1. The lowest BCUT2D eigenvalue weighted by atomic mass is 10.3. The summed E-state index contributed by atoms with van der Waals surface area (Å²) in [7, 11) is -3.50. The van der Waals surface area contributed by atoms with E-state index in [1.165, 1.54) is 24.3 Å². The standard InChI is InChI=1S/C14H19N3O5S/c18-13(19)2-1-9-15-14(20)16-10-5-7-12(8-6-10)23(21,22)17-11-3-4-11/h5-8,11,17H,1-4,9H2,(H,18,19)(H2,15,16,20). The normalized spacial score (nSPS) is 14.3. The third kappa shape index (κ3) is 5.87. The Morgan fingerprint density at radius 2 is 1.83 bits per heavy atom. The molecule has 0 bridgehead atoms. The third-order valence-electron chi connectivity index (χ3n) is 3.17. The summed E-state index contributed by atoms with van der Waals surface area (Å²) in [6.07, 6.45) is 2.05. The Kier molecular flexibility index (Phi) is 5.56. The molecule has 1 aromatic rings. The zero-order chi connectivity index (χ0) is 16.9. The summed E-state index contributed by atoms with van der Waals surface area (Å²) in [6.45, 7) is 0.246. The van der Waals surface area contributed by atoms with Gasteiger partial charge in [-0.2, -0.15) is 0 Å². The summed E-state index contributed by atoms with van der Waals surface area (Å²) in [4.78, 5) is 22.1. The number of carbonyl (C=O) groups excluding carboxylic acids is 1. The number of hydrogen-bond acceptors (Lipinski definition) is 4. The molecule has 1 fully saturated rings. The first kappa shape index (κ1) is 17.2. The number of aliphatic carboxylic acids is 1. The second-order valence-electron chi connectivity index (χ2n) is 5.30. The number of sulfonamides is 1. The van der Waals surface area contributed by atoms with Crippen molar-refractivity contribution in [2.24, 2.45) is 0 Å². The molecule has 126 valence electrons. The van der Waals surface area contributed by atoms with Gasteiger partial charge in [-0.1, -0.05) is 0 Å². The van der Waals surface area contributed by atoms with E-state index in [9.17, 15) is 18.0 Å². The molecule has 0 aliphatic heterocycles. The van der Waals surface area contributed by atoms with Crippen molar-refractivity contribution < 1.29 is 23.1 Å². The first-order valence-corrected chi connectivity index (χ1v) is 8.74. The van der Waals surface area contributed by atoms with E-state index in [-0.39, 0.29) is 23.9 Å². The lowest BCUT2D eigenvalue weighted by Crippen LogP contribution is -2.29. The molecule has 0 saturated heterocycles. The fourth-order valence-corrected chi connectivity index (χ4v) is 3.13. The molecule has 2 rings (SSSR count). The molecule has 0 radical (unpaired) electrons. The molecular weight excluding hydrogens is 322 g/mol. The van der Waals surface area contributed by atoms with E-state index in [0.29, 0.717) is 12.1 Å². The highest BCUT2D eigenvalue weighted by molar-refractivity contribution is 7.89. The molecule has 1 aromatic carbocycles. The van der Waals surface area contributed by atoms with Crippen molar-refractivity contribution in [3.05, 3.63) is 24.3 Å². The number of anilines is 1. The second-order valence-corrected chi connectivity index (χ2v) is 7.01. The second kappa shape index (κ2) is 7.42. The lowest BCUT2D eigenvalue weighted by Gasteiger charge is -2.09. The zero-order valence-corrected chi connectivity index (χ0v) is 13.2. The van der Waals surface area contributed by atoms with Crippen LogP contribution >= 0.6 is 0 Å². The molecule has 0 unspecified atom stereocenters. The summed E-state index contributed by atoms with van der Waals surface area (Å²) < 4.78 is 26.5. The summed E-state index contributed by atoms with van der Waals surface area (Å²) in [6, 6.07) is 5.41. The SMILES string of the molecule is O=C(O)CCCNC(=O)Nc1ccc(S(=O)(=O)NC2CC2)cc1. The molecular formula is C14H19N3O5S. The molecule has 0 heterocycles. The number of carboxylic acids is 1. The first-order valence-electron chi connectivity index (χ1n) is 7.26. The van der Waals surface area contributed by atoms with Crippen molar-refractivity contribution in [3.63, 3.8) is 0 Å². The van der Waals surface area contributed by atoms with Gasteiger partial charge in [0.15, 0.2) is 0 Å². The van der Waals surface area contributed by atoms with E-state index in [2.05, 4.69) is 15.4 Å². The highest BCUT2D eigenvalue weighted by Gasteiger charge is 2.27. The third-order valence-corrected chi connectivity index (χ3v) is 4.71. The van der Waals surface area contributed by atoms with Crippen LogP contribution in [0.4, 0.5) is 10.5 Å². The van der Waals surface area contributed by atoms with Gasteiger partial charge in [0.05, 0.1) is 4.90 Å². The van der Waals surface area contributed by atoms with Crippen molar-refractivity contribution in [3.8, 4) is 0 Å². The van der Waals surface area contributed by atoms with Crippen molar-refractivity contribution in [2.45, 2.75) is 36.6 Å². The minimum absolute atomic E-state index is 0.0131. The molecule has 8 nitrogen and oxygen atoms in total. The number of hydrogen-bond donors (Lipinski definition) is 4. The maximum atomic E-state index is 12.0. The molecule has 4 N–H and O–H groups in total. The maximum absolute atomic E-state index is 12.0. The fourth-order valence-electron chi connectivity index (χ4n) is 1.82. The quantitative estimate of drug-likeness (QED) is 0.527. The monoisotopic (exact) mass is 341 g/mol. The topological polar surface area (TPSA) is 125 Å². The minimum Gasteiger partial charge on any atom is -0.481 e. The van der Waals surface area contributed by atoms with Gasteiger partial charge in [-0.3, -0.25) is 4.79 Å². The number of rotatable bonds is 8. The van der Waals surface area contributed by atoms with Crippen molar-refractivity contribution in [2.75, 3.05) is 11.9 Å². The Bertz CT molecular complexity index is 668. The number of carbonyl (C=O) groups is 2. The van der Waals surface area contributed by atoms with Crippen molar-refractivity contribution >= 4 is 27.7 Å². The molecule has 0 atom stereocenters. The lowest BCUT2D eigenvalue weighted by molar-refractivity contribution is -0.137. The molecule has 0 aromatic heterocycles. The summed E-state index contributed by atoms with van der Waals surface area (Å²) >= 11 is 0. The van der Waals surface area contributed by atoms with Gasteiger partial charge in [0.2, 0.25) is 10.0 Å². The number of carboxylic acid groups (broad SMARTS) is 1. The van der Waals surface area contributed by atoms with E-state index in [4.69, 9.17) is 5.11 Å². The van der Waals surface area contributed by atoms with Gasteiger partial charge >= 0.3 is 12.0 Å². The average molecular weight is 341 g/mol. The highest BCUT2D eigenvalue weighted by Crippen LogP contribution is 2.22. The molecule has 1 aliphatic rings.